The molecule has 1 nitrogen and oxygen atoms in total. The molecule has 2 aliphatic rings. The predicted octanol–water partition coefficient (Wildman–Crippen LogP) is 3.16. The molecule has 0 aromatic heterocycles. The number of hydrogen-bond donors (Lipinski definition) is 0. The van der Waals surface area contributed by atoms with Gasteiger partial charge in [-0.05, 0) is 38.0 Å². The van der Waals surface area contributed by atoms with Gasteiger partial charge in [-0.25, -0.2) is 0 Å². The molecular formula is C12H20O. The summed E-state index contributed by atoms with van der Waals surface area (Å²) in [5, 5.41) is 0. The van der Waals surface area contributed by atoms with Crippen LogP contribution in [0.5, 0.6) is 0 Å². The first-order valence-corrected chi connectivity index (χ1v) is 5.60. The van der Waals surface area contributed by atoms with Crippen LogP contribution in [0.4, 0.5) is 0 Å². The van der Waals surface area contributed by atoms with Crippen LogP contribution in [0, 0.1) is 11.8 Å². The molecule has 1 aliphatic carbocycles. The first-order chi connectivity index (χ1) is 6.31. The second kappa shape index (κ2) is 3.83. The van der Waals surface area contributed by atoms with E-state index in [1.165, 1.54) is 31.3 Å². The summed E-state index contributed by atoms with van der Waals surface area (Å²) >= 11 is 0. The van der Waals surface area contributed by atoms with Crippen LogP contribution >= 0.6 is 0 Å². The molecule has 0 spiro atoms. The standard InChI is InChI=1S/C12H20O/c1-3-10-6-7-13-12-8-9(2)4-5-11(10)12/h8,10-12H,3-7H2,1-2H3. The second-order valence-electron chi connectivity index (χ2n) is 4.51. The Bertz CT molecular complexity index is 207. The first-order valence-electron chi connectivity index (χ1n) is 5.60. The van der Waals surface area contributed by atoms with Crippen molar-refractivity contribution in [3.8, 4) is 0 Å². The Morgan fingerprint density at radius 1 is 1.46 bits per heavy atom. The molecule has 1 heterocycles. The van der Waals surface area contributed by atoms with E-state index >= 15 is 0 Å². The van der Waals surface area contributed by atoms with E-state index in [9.17, 15) is 0 Å². The van der Waals surface area contributed by atoms with Gasteiger partial charge in [0.2, 0.25) is 0 Å². The van der Waals surface area contributed by atoms with Crippen molar-refractivity contribution in [2.75, 3.05) is 6.61 Å². The van der Waals surface area contributed by atoms with Crippen molar-refractivity contribution >= 4 is 0 Å². The van der Waals surface area contributed by atoms with Gasteiger partial charge in [0.1, 0.15) is 0 Å². The number of allylic oxidation sites excluding steroid dienone is 1. The van der Waals surface area contributed by atoms with E-state index in [0.717, 1.165) is 18.4 Å². The largest absolute Gasteiger partial charge is 0.374 e. The lowest BCUT2D eigenvalue weighted by molar-refractivity contribution is -0.0381. The maximum atomic E-state index is 5.81. The molecular weight excluding hydrogens is 160 g/mol. The molecule has 13 heavy (non-hydrogen) atoms. The smallest absolute Gasteiger partial charge is 0.0789 e. The first kappa shape index (κ1) is 9.26. The average molecular weight is 180 g/mol. The summed E-state index contributed by atoms with van der Waals surface area (Å²) in [4.78, 5) is 0. The number of hydrogen-bond acceptors (Lipinski definition) is 1. The second-order valence-corrected chi connectivity index (χ2v) is 4.51. The Morgan fingerprint density at radius 3 is 3.08 bits per heavy atom. The zero-order valence-corrected chi connectivity index (χ0v) is 8.75. The Labute approximate surface area is 81.2 Å². The minimum atomic E-state index is 0.451. The van der Waals surface area contributed by atoms with Gasteiger partial charge in [-0.1, -0.05) is 25.0 Å². The highest BCUT2D eigenvalue weighted by molar-refractivity contribution is 5.10. The van der Waals surface area contributed by atoms with Crippen LogP contribution in [-0.2, 0) is 4.74 Å². The third-order valence-corrected chi connectivity index (χ3v) is 3.67. The molecule has 3 unspecified atom stereocenters. The van der Waals surface area contributed by atoms with Crippen LogP contribution in [0.2, 0.25) is 0 Å². The Kier molecular flexibility index (Phi) is 2.73. The number of fused-ring (bicyclic) bond motifs is 1. The van der Waals surface area contributed by atoms with Gasteiger partial charge < -0.3 is 4.74 Å². The van der Waals surface area contributed by atoms with Crippen molar-refractivity contribution in [2.24, 2.45) is 11.8 Å². The molecule has 1 saturated heterocycles. The van der Waals surface area contributed by atoms with Crippen LogP contribution in [0.15, 0.2) is 11.6 Å². The fourth-order valence-electron chi connectivity index (χ4n) is 2.80. The summed E-state index contributed by atoms with van der Waals surface area (Å²) in [6, 6.07) is 0. The van der Waals surface area contributed by atoms with Gasteiger partial charge in [0.25, 0.3) is 0 Å². The minimum absolute atomic E-state index is 0.451. The van der Waals surface area contributed by atoms with E-state index in [2.05, 4.69) is 19.9 Å². The van der Waals surface area contributed by atoms with E-state index in [1.807, 2.05) is 0 Å². The van der Waals surface area contributed by atoms with Crippen LogP contribution in [0.3, 0.4) is 0 Å². The normalized spacial score (nSPS) is 39.5. The molecule has 2 rings (SSSR count). The van der Waals surface area contributed by atoms with E-state index in [0.29, 0.717) is 6.10 Å². The number of ether oxygens (including phenoxy) is 1. The molecule has 0 radical (unpaired) electrons. The summed E-state index contributed by atoms with van der Waals surface area (Å²) in [5.41, 5.74) is 1.53. The van der Waals surface area contributed by atoms with Crippen LogP contribution < -0.4 is 0 Å². The highest BCUT2D eigenvalue weighted by Crippen LogP contribution is 2.37. The lowest BCUT2D eigenvalue weighted by Crippen LogP contribution is -2.37. The van der Waals surface area contributed by atoms with Crippen molar-refractivity contribution in [1.29, 1.82) is 0 Å². The summed E-state index contributed by atoms with van der Waals surface area (Å²) in [6.45, 7) is 5.52. The molecule has 3 atom stereocenters. The molecule has 0 aromatic carbocycles. The predicted molar refractivity (Wildman–Crippen MR) is 54.6 cm³/mol. The van der Waals surface area contributed by atoms with E-state index in [-0.39, 0.29) is 0 Å². The van der Waals surface area contributed by atoms with Crippen molar-refractivity contribution in [2.45, 2.75) is 45.6 Å². The molecule has 0 bridgehead atoms. The third kappa shape index (κ3) is 1.80. The summed E-state index contributed by atoms with van der Waals surface area (Å²) in [5.74, 6) is 1.74. The summed E-state index contributed by atoms with van der Waals surface area (Å²) < 4.78 is 5.81. The zero-order valence-electron chi connectivity index (χ0n) is 8.75. The van der Waals surface area contributed by atoms with Gasteiger partial charge in [0.05, 0.1) is 6.10 Å². The molecule has 0 saturated carbocycles. The SMILES string of the molecule is CCC1CCOC2C=C(C)CCC12. The third-order valence-electron chi connectivity index (χ3n) is 3.67. The molecule has 1 heteroatoms. The Balaban J connectivity index is 2.09. The fourth-order valence-corrected chi connectivity index (χ4v) is 2.80. The van der Waals surface area contributed by atoms with Crippen molar-refractivity contribution in [1.82, 2.24) is 0 Å². The van der Waals surface area contributed by atoms with Gasteiger partial charge in [-0.2, -0.15) is 0 Å². The lowest BCUT2D eigenvalue weighted by atomic mass is 9.75. The van der Waals surface area contributed by atoms with Gasteiger partial charge >= 0.3 is 0 Å². The summed E-state index contributed by atoms with van der Waals surface area (Å²) in [6.07, 6.45) is 8.07. The van der Waals surface area contributed by atoms with Crippen LogP contribution in [0.1, 0.15) is 39.5 Å². The maximum Gasteiger partial charge on any atom is 0.0789 e. The highest BCUT2D eigenvalue weighted by atomic mass is 16.5. The molecule has 1 fully saturated rings. The zero-order chi connectivity index (χ0) is 9.26. The minimum Gasteiger partial charge on any atom is -0.374 e. The molecule has 0 amide bonds. The maximum absolute atomic E-state index is 5.81. The number of rotatable bonds is 1. The molecule has 0 N–H and O–H groups in total. The summed E-state index contributed by atoms with van der Waals surface area (Å²) in [7, 11) is 0. The Hall–Kier alpha value is -0.300. The van der Waals surface area contributed by atoms with Gasteiger partial charge in [0.15, 0.2) is 0 Å². The molecule has 0 aromatic rings. The van der Waals surface area contributed by atoms with Crippen LogP contribution in [0.25, 0.3) is 0 Å². The van der Waals surface area contributed by atoms with E-state index < -0.39 is 0 Å². The monoisotopic (exact) mass is 180 g/mol. The van der Waals surface area contributed by atoms with Crippen LogP contribution in [-0.4, -0.2) is 12.7 Å². The van der Waals surface area contributed by atoms with E-state index in [4.69, 9.17) is 4.74 Å². The van der Waals surface area contributed by atoms with Crippen molar-refractivity contribution < 1.29 is 4.74 Å². The van der Waals surface area contributed by atoms with E-state index in [1.54, 1.807) is 0 Å². The molecule has 74 valence electrons. The average Bonchev–Trinajstić information content (AvgIpc) is 2.16. The van der Waals surface area contributed by atoms with Gasteiger partial charge in [-0.15, -0.1) is 0 Å². The fraction of sp³-hybridized carbons (Fsp3) is 0.833. The van der Waals surface area contributed by atoms with Gasteiger partial charge in [0, 0.05) is 6.61 Å². The quantitative estimate of drug-likeness (QED) is 0.563. The van der Waals surface area contributed by atoms with Crippen molar-refractivity contribution in [3.63, 3.8) is 0 Å². The van der Waals surface area contributed by atoms with Gasteiger partial charge in [-0.3, -0.25) is 0 Å². The lowest BCUT2D eigenvalue weighted by Gasteiger charge is -2.39. The van der Waals surface area contributed by atoms with Crippen molar-refractivity contribution in [3.05, 3.63) is 11.6 Å². The molecule has 1 aliphatic heterocycles. The topological polar surface area (TPSA) is 9.23 Å². The Morgan fingerprint density at radius 2 is 2.31 bits per heavy atom. The highest BCUT2D eigenvalue weighted by Gasteiger charge is 2.33.